The summed E-state index contributed by atoms with van der Waals surface area (Å²) in [6.45, 7) is 4.70. The predicted molar refractivity (Wildman–Crippen MR) is 66.7 cm³/mol. The molecule has 2 rings (SSSR count). The van der Waals surface area contributed by atoms with Gasteiger partial charge in [0.2, 0.25) is 0 Å². The lowest BCUT2D eigenvalue weighted by Gasteiger charge is -2.42. The molecule has 0 amide bonds. The van der Waals surface area contributed by atoms with Crippen molar-refractivity contribution in [2.75, 3.05) is 13.2 Å². The first kappa shape index (κ1) is 12.6. The lowest BCUT2D eigenvalue weighted by atomic mass is 9.69. The van der Waals surface area contributed by atoms with E-state index in [1.54, 1.807) is 6.92 Å². The van der Waals surface area contributed by atoms with Gasteiger partial charge in [0.05, 0.1) is 12.7 Å². The molecule has 1 aliphatic heterocycles. The molecule has 17 heavy (non-hydrogen) atoms. The second-order valence-electron chi connectivity index (χ2n) is 4.86. The zero-order valence-electron chi connectivity index (χ0n) is 10.2. The molecule has 3 nitrogen and oxygen atoms in total. The van der Waals surface area contributed by atoms with Crippen LogP contribution in [-0.2, 0) is 10.3 Å². The lowest BCUT2D eigenvalue weighted by Crippen LogP contribution is -2.48. The summed E-state index contributed by atoms with van der Waals surface area (Å²) in [6.07, 6.45) is 1.52. The Morgan fingerprint density at radius 2 is 2.41 bits per heavy atom. The fourth-order valence-corrected chi connectivity index (χ4v) is 3.55. The van der Waals surface area contributed by atoms with Crippen LogP contribution < -0.4 is 0 Å². The van der Waals surface area contributed by atoms with E-state index >= 15 is 0 Å². The van der Waals surface area contributed by atoms with Gasteiger partial charge in [-0.3, -0.25) is 0 Å². The molecule has 1 saturated heterocycles. The van der Waals surface area contributed by atoms with E-state index in [1.165, 1.54) is 11.3 Å². The first-order valence-corrected chi connectivity index (χ1v) is 6.67. The highest BCUT2D eigenvalue weighted by molar-refractivity contribution is 7.10. The van der Waals surface area contributed by atoms with Crippen LogP contribution in [0.15, 0.2) is 11.4 Å². The second kappa shape index (κ2) is 4.41. The van der Waals surface area contributed by atoms with Crippen molar-refractivity contribution in [1.82, 2.24) is 0 Å². The highest BCUT2D eigenvalue weighted by atomic mass is 32.1. The van der Waals surface area contributed by atoms with Gasteiger partial charge in [-0.2, -0.15) is 5.26 Å². The summed E-state index contributed by atoms with van der Waals surface area (Å²) in [4.78, 5) is 0.879. The topological polar surface area (TPSA) is 53.2 Å². The molecule has 1 aromatic heterocycles. The Kier molecular flexibility index (Phi) is 3.26. The van der Waals surface area contributed by atoms with Crippen molar-refractivity contribution in [2.45, 2.75) is 32.3 Å². The number of rotatable bonds is 2. The summed E-state index contributed by atoms with van der Waals surface area (Å²) >= 11 is 1.51. The molecule has 1 aliphatic rings. The fraction of sp³-hybridized carbons (Fsp3) is 0.615. The van der Waals surface area contributed by atoms with E-state index in [4.69, 9.17) is 4.74 Å². The van der Waals surface area contributed by atoms with E-state index < -0.39 is 11.0 Å². The van der Waals surface area contributed by atoms with Gasteiger partial charge < -0.3 is 9.84 Å². The molecular formula is C13H17NO2S. The molecule has 0 aromatic carbocycles. The van der Waals surface area contributed by atoms with Crippen LogP contribution in [0.4, 0.5) is 0 Å². The normalized spacial score (nSPS) is 28.4. The Morgan fingerprint density at radius 3 is 2.88 bits per heavy atom. The number of thiophene rings is 1. The van der Waals surface area contributed by atoms with Crippen molar-refractivity contribution >= 4 is 11.3 Å². The minimum atomic E-state index is -1.14. The summed E-state index contributed by atoms with van der Waals surface area (Å²) in [5, 5.41) is 22.3. The zero-order chi connectivity index (χ0) is 12.5. The number of hydrogen-bond donors (Lipinski definition) is 1. The summed E-state index contributed by atoms with van der Waals surface area (Å²) in [5.74, 6) is 0. The van der Waals surface area contributed by atoms with Gasteiger partial charge in [-0.25, -0.2) is 0 Å². The minimum Gasteiger partial charge on any atom is -0.383 e. The highest BCUT2D eigenvalue weighted by Gasteiger charge is 2.51. The van der Waals surface area contributed by atoms with Crippen LogP contribution >= 0.6 is 11.3 Å². The molecule has 0 aliphatic carbocycles. The number of aliphatic hydroxyl groups is 1. The Balaban J connectivity index is 2.43. The van der Waals surface area contributed by atoms with E-state index in [2.05, 4.69) is 6.07 Å². The van der Waals surface area contributed by atoms with Crippen LogP contribution in [-0.4, -0.2) is 18.3 Å². The fourth-order valence-electron chi connectivity index (χ4n) is 2.46. The maximum absolute atomic E-state index is 10.8. The van der Waals surface area contributed by atoms with Gasteiger partial charge in [0.25, 0.3) is 0 Å². The molecule has 0 saturated carbocycles. The first-order valence-electron chi connectivity index (χ1n) is 5.79. The smallest absolute Gasteiger partial charge is 0.117 e. The predicted octanol–water partition coefficient (Wildman–Crippen LogP) is 2.58. The Labute approximate surface area is 106 Å². The molecule has 2 heterocycles. The van der Waals surface area contributed by atoms with Crippen molar-refractivity contribution in [3.8, 4) is 6.07 Å². The van der Waals surface area contributed by atoms with Gasteiger partial charge in [-0.15, -0.1) is 11.3 Å². The average Bonchev–Trinajstić information content (AvgIpc) is 2.77. The summed E-state index contributed by atoms with van der Waals surface area (Å²) < 4.78 is 5.42. The van der Waals surface area contributed by atoms with Gasteiger partial charge >= 0.3 is 0 Å². The van der Waals surface area contributed by atoms with Crippen molar-refractivity contribution in [3.63, 3.8) is 0 Å². The second-order valence-corrected chi connectivity index (χ2v) is 5.77. The largest absolute Gasteiger partial charge is 0.383 e. The number of nitriles is 1. The van der Waals surface area contributed by atoms with E-state index in [9.17, 15) is 10.4 Å². The molecular weight excluding hydrogens is 234 g/mol. The minimum absolute atomic E-state index is 0.313. The molecule has 4 heteroatoms. The maximum Gasteiger partial charge on any atom is 0.117 e. The summed E-state index contributed by atoms with van der Waals surface area (Å²) in [6, 6.07) is 4.28. The van der Waals surface area contributed by atoms with Crippen molar-refractivity contribution in [1.29, 1.82) is 5.26 Å². The van der Waals surface area contributed by atoms with Crippen molar-refractivity contribution in [2.24, 2.45) is 5.41 Å². The molecule has 2 unspecified atom stereocenters. The third-order valence-electron chi connectivity index (χ3n) is 3.69. The number of nitrogens with zero attached hydrogens (tertiary/aromatic N) is 1. The van der Waals surface area contributed by atoms with Crippen molar-refractivity contribution < 1.29 is 9.84 Å². The third-order valence-corrected chi connectivity index (χ3v) is 4.92. The molecule has 1 fully saturated rings. The quantitative estimate of drug-likeness (QED) is 0.879. The van der Waals surface area contributed by atoms with Gasteiger partial charge in [0.15, 0.2) is 0 Å². The Bertz CT molecular complexity index is 439. The van der Waals surface area contributed by atoms with Crippen LogP contribution in [0.1, 0.15) is 30.2 Å². The standard InChI is InChI=1S/C13H17NO2S/c1-10-4-7-17-11(10)12(2,15)13(8-14)5-3-6-16-9-13/h4,7,15H,3,5-6,9H2,1-2H3. The monoisotopic (exact) mass is 251 g/mol. The van der Waals surface area contributed by atoms with Crippen LogP contribution in [0.2, 0.25) is 0 Å². The SMILES string of the molecule is Cc1ccsc1C(C)(O)C1(C#N)CCCOC1. The van der Waals surface area contributed by atoms with Gasteiger partial charge in [-0.05, 0) is 43.7 Å². The molecule has 92 valence electrons. The van der Waals surface area contributed by atoms with Crippen LogP contribution in [0, 0.1) is 23.7 Å². The molecule has 2 atom stereocenters. The van der Waals surface area contributed by atoms with Gasteiger partial charge in [-0.1, -0.05) is 0 Å². The van der Waals surface area contributed by atoms with Gasteiger partial charge in [0.1, 0.15) is 11.0 Å². The summed E-state index contributed by atoms with van der Waals surface area (Å²) in [7, 11) is 0. The molecule has 0 spiro atoms. The van der Waals surface area contributed by atoms with Gasteiger partial charge in [0, 0.05) is 11.5 Å². The number of ether oxygens (including phenoxy) is 1. The van der Waals surface area contributed by atoms with E-state index in [0.717, 1.165) is 16.9 Å². The van der Waals surface area contributed by atoms with Crippen molar-refractivity contribution in [3.05, 3.63) is 21.9 Å². The van der Waals surface area contributed by atoms with Crippen LogP contribution in [0.3, 0.4) is 0 Å². The zero-order valence-corrected chi connectivity index (χ0v) is 11.0. The Hall–Kier alpha value is -0.890. The molecule has 0 bridgehead atoms. The molecule has 0 radical (unpaired) electrons. The van der Waals surface area contributed by atoms with E-state index in [-0.39, 0.29) is 0 Å². The van der Waals surface area contributed by atoms with Crippen LogP contribution in [0.25, 0.3) is 0 Å². The number of hydrogen-bond acceptors (Lipinski definition) is 4. The maximum atomic E-state index is 10.8. The Morgan fingerprint density at radius 1 is 1.65 bits per heavy atom. The number of aryl methyl sites for hydroxylation is 1. The molecule has 1 aromatic rings. The highest BCUT2D eigenvalue weighted by Crippen LogP contribution is 2.47. The van der Waals surface area contributed by atoms with Crippen LogP contribution in [0.5, 0.6) is 0 Å². The first-order chi connectivity index (χ1) is 8.03. The molecule has 1 N–H and O–H groups in total. The third kappa shape index (κ3) is 1.89. The van der Waals surface area contributed by atoms with E-state index in [0.29, 0.717) is 19.6 Å². The average molecular weight is 251 g/mol. The summed E-state index contributed by atoms with van der Waals surface area (Å²) in [5.41, 5.74) is -0.915. The van der Waals surface area contributed by atoms with E-state index in [1.807, 2.05) is 18.4 Å². The lowest BCUT2D eigenvalue weighted by molar-refractivity contribution is -0.111.